The van der Waals surface area contributed by atoms with Crippen LogP contribution in [0.5, 0.6) is 5.75 Å². The van der Waals surface area contributed by atoms with Crippen LogP contribution >= 0.6 is 0 Å². The third kappa shape index (κ3) is 3.64. The minimum Gasteiger partial charge on any atom is -0.497 e. The second kappa shape index (κ2) is 6.88. The number of carbonyl (C=O) groups excluding carboxylic acids is 1. The molecule has 3 aromatic rings. The van der Waals surface area contributed by atoms with E-state index in [2.05, 4.69) is 0 Å². The molecule has 0 saturated carbocycles. The molecule has 0 atom stereocenters. The highest BCUT2D eigenvalue weighted by Crippen LogP contribution is 2.11. The predicted octanol–water partition coefficient (Wildman–Crippen LogP) is 3.26. The highest BCUT2D eigenvalue weighted by Gasteiger charge is 2.13. The van der Waals surface area contributed by atoms with Crippen molar-refractivity contribution in [1.82, 2.24) is 0 Å². The first kappa shape index (κ1) is 15.0. The van der Waals surface area contributed by atoms with Crippen molar-refractivity contribution in [2.75, 3.05) is 7.11 Å². The molecule has 0 saturated heterocycles. The van der Waals surface area contributed by atoms with Gasteiger partial charge in [0.25, 0.3) is 0 Å². The van der Waals surface area contributed by atoms with Crippen molar-refractivity contribution in [3.05, 3.63) is 95.8 Å². The summed E-state index contributed by atoms with van der Waals surface area (Å²) in [7, 11) is 1.66. The van der Waals surface area contributed by atoms with Gasteiger partial charge in [-0.05, 0) is 30.3 Å². The second-order valence-electron chi connectivity index (χ2n) is 5.31. The van der Waals surface area contributed by atoms with Crippen LogP contribution in [0.3, 0.4) is 0 Å². The van der Waals surface area contributed by atoms with Crippen molar-refractivity contribution in [3.63, 3.8) is 0 Å². The lowest BCUT2D eigenvalue weighted by atomic mass is 10.1. The number of benzene rings is 2. The van der Waals surface area contributed by atoms with E-state index in [1.54, 1.807) is 7.11 Å². The molecule has 0 amide bonds. The average Bonchev–Trinajstić information content (AvgIpc) is 2.63. The highest BCUT2D eigenvalue weighted by molar-refractivity contribution is 6.08. The molecule has 0 spiro atoms. The van der Waals surface area contributed by atoms with Crippen molar-refractivity contribution in [1.29, 1.82) is 0 Å². The molecule has 0 unspecified atom stereocenters. The van der Waals surface area contributed by atoms with Crippen molar-refractivity contribution in [3.8, 4) is 5.75 Å². The van der Waals surface area contributed by atoms with Crippen LogP contribution in [0.2, 0.25) is 0 Å². The summed E-state index contributed by atoms with van der Waals surface area (Å²) in [5, 5.41) is 0. The number of rotatable bonds is 5. The molecule has 3 heteroatoms. The van der Waals surface area contributed by atoms with Crippen molar-refractivity contribution in [2.24, 2.45) is 0 Å². The van der Waals surface area contributed by atoms with Crippen LogP contribution in [0.15, 0.2) is 79.1 Å². The lowest BCUT2D eigenvalue weighted by Crippen LogP contribution is -2.34. The molecule has 114 valence electrons. The number of ketones is 1. The standard InChI is InChI=1S/C20H18NO2/c1-23-19-11-9-16(10-12-19)14-21-13-5-8-18(15-21)20(22)17-6-3-2-4-7-17/h2-13,15H,14H2,1H3/q+1. The normalized spacial score (nSPS) is 10.3. The monoisotopic (exact) mass is 304 g/mol. The Morgan fingerprint density at radius 2 is 1.61 bits per heavy atom. The van der Waals surface area contributed by atoms with Gasteiger partial charge in [-0.3, -0.25) is 4.79 Å². The fourth-order valence-electron chi connectivity index (χ4n) is 2.45. The number of ether oxygens (including phenoxy) is 1. The minimum absolute atomic E-state index is 0.0367. The van der Waals surface area contributed by atoms with Gasteiger partial charge in [0.05, 0.1) is 12.7 Å². The fourth-order valence-corrected chi connectivity index (χ4v) is 2.45. The number of hydrogen-bond donors (Lipinski definition) is 0. The van der Waals surface area contributed by atoms with Gasteiger partial charge in [-0.2, -0.15) is 0 Å². The number of hydrogen-bond acceptors (Lipinski definition) is 2. The lowest BCUT2D eigenvalue weighted by Gasteiger charge is -2.03. The zero-order valence-corrected chi connectivity index (χ0v) is 13.0. The Kier molecular flexibility index (Phi) is 4.48. The van der Waals surface area contributed by atoms with Crippen LogP contribution in [0, 0.1) is 0 Å². The van der Waals surface area contributed by atoms with Gasteiger partial charge in [0.2, 0.25) is 0 Å². The van der Waals surface area contributed by atoms with E-state index in [0.717, 1.165) is 11.3 Å². The molecule has 0 radical (unpaired) electrons. The van der Waals surface area contributed by atoms with E-state index in [1.165, 1.54) is 0 Å². The van der Waals surface area contributed by atoms with Crippen LogP contribution in [0.25, 0.3) is 0 Å². The van der Waals surface area contributed by atoms with Crippen LogP contribution in [0.4, 0.5) is 0 Å². The smallest absolute Gasteiger partial charge is 0.199 e. The Labute approximate surface area is 135 Å². The van der Waals surface area contributed by atoms with Gasteiger partial charge in [-0.25, -0.2) is 4.57 Å². The molecule has 3 rings (SSSR count). The maximum atomic E-state index is 12.5. The molecule has 0 N–H and O–H groups in total. The SMILES string of the molecule is COc1ccc(C[n+]2cccc(C(=O)c3ccccc3)c2)cc1. The maximum absolute atomic E-state index is 12.5. The quantitative estimate of drug-likeness (QED) is 0.535. The lowest BCUT2D eigenvalue weighted by molar-refractivity contribution is -0.688. The molecule has 1 aromatic heterocycles. The molecular weight excluding hydrogens is 286 g/mol. The summed E-state index contributed by atoms with van der Waals surface area (Å²) in [4.78, 5) is 12.5. The zero-order valence-electron chi connectivity index (χ0n) is 13.0. The molecule has 2 aromatic carbocycles. The summed E-state index contributed by atoms with van der Waals surface area (Å²) in [6.07, 6.45) is 3.85. The van der Waals surface area contributed by atoms with Gasteiger partial charge >= 0.3 is 0 Å². The number of methoxy groups -OCH3 is 1. The summed E-state index contributed by atoms with van der Waals surface area (Å²) in [5.74, 6) is 0.876. The highest BCUT2D eigenvalue weighted by atomic mass is 16.5. The van der Waals surface area contributed by atoms with Gasteiger partial charge in [0.15, 0.2) is 24.7 Å². The summed E-state index contributed by atoms with van der Waals surface area (Å²) in [6, 6.07) is 21.0. The number of pyridine rings is 1. The molecular formula is C20H18NO2+. The largest absolute Gasteiger partial charge is 0.497 e. The Morgan fingerprint density at radius 1 is 0.913 bits per heavy atom. The summed E-state index contributed by atoms with van der Waals surface area (Å²) in [5.41, 5.74) is 2.54. The maximum Gasteiger partial charge on any atom is 0.199 e. The van der Waals surface area contributed by atoms with E-state index in [9.17, 15) is 4.79 Å². The Bertz CT molecular complexity index is 795. The van der Waals surface area contributed by atoms with Gasteiger partial charge in [-0.15, -0.1) is 0 Å². The number of carbonyl (C=O) groups is 1. The Hall–Kier alpha value is -2.94. The van der Waals surface area contributed by atoms with Crippen molar-refractivity contribution >= 4 is 5.78 Å². The van der Waals surface area contributed by atoms with Gasteiger partial charge in [-0.1, -0.05) is 30.3 Å². The van der Waals surface area contributed by atoms with E-state index in [1.807, 2.05) is 83.7 Å². The van der Waals surface area contributed by atoms with E-state index >= 15 is 0 Å². The summed E-state index contributed by atoms with van der Waals surface area (Å²) in [6.45, 7) is 0.708. The summed E-state index contributed by atoms with van der Waals surface area (Å²) >= 11 is 0. The van der Waals surface area contributed by atoms with E-state index in [4.69, 9.17) is 4.74 Å². The number of aromatic nitrogens is 1. The zero-order chi connectivity index (χ0) is 16.1. The molecule has 0 aliphatic heterocycles. The Morgan fingerprint density at radius 3 is 2.30 bits per heavy atom. The van der Waals surface area contributed by atoms with Gasteiger partial charge in [0.1, 0.15) is 5.75 Å². The molecule has 3 nitrogen and oxygen atoms in total. The van der Waals surface area contributed by atoms with Crippen molar-refractivity contribution in [2.45, 2.75) is 6.54 Å². The first-order valence-corrected chi connectivity index (χ1v) is 7.48. The minimum atomic E-state index is 0.0367. The third-order valence-corrected chi connectivity index (χ3v) is 3.68. The van der Waals surface area contributed by atoms with Crippen LogP contribution < -0.4 is 9.30 Å². The molecule has 0 aliphatic rings. The number of nitrogens with zero attached hydrogens (tertiary/aromatic N) is 1. The molecule has 1 heterocycles. The molecule has 0 fully saturated rings. The third-order valence-electron chi connectivity index (χ3n) is 3.68. The predicted molar refractivity (Wildman–Crippen MR) is 88.6 cm³/mol. The fraction of sp³-hybridized carbons (Fsp3) is 0.100. The first-order chi connectivity index (χ1) is 11.3. The second-order valence-corrected chi connectivity index (χ2v) is 5.31. The first-order valence-electron chi connectivity index (χ1n) is 7.48. The molecule has 0 aliphatic carbocycles. The molecule has 0 bridgehead atoms. The van der Waals surface area contributed by atoms with E-state index < -0.39 is 0 Å². The van der Waals surface area contributed by atoms with Crippen LogP contribution in [-0.4, -0.2) is 12.9 Å². The van der Waals surface area contributed by atoms with E-state index in [-0.39, 0.29) is 5.78 Å². The van der Waals surface area contributed by atoms with Crippen molar-refractivity contribution < 1.29 is 14.1 Å². The van der Waals surface area contributed by atoms with Gasteiger partial charge < -0.3 is 4.74 Å². The van der Waals surface area contributed by atoms with Gasteiger partial charge in [0, 0.05) is 17.2 Å². The topological polar surface area (TPSA) is 30.2 Å². The van der Waals surface area contributed by atoms with Crippen LogP contribution in [-0.2, 0) is 6.54 Å². The Balaban J connectivity index is 1.80. The summed E-state index contributed by atoms with van der Waals surface area (Å²) < 4.78 is 7.18. The van der Waals surface area contributed by atoms with E-state index in [0.29, 0.717) is 17.7 Å². The molecule has 23 heavy (non-hydrogen) atoms. The van der Waals surface area contributed by atoms with Crippen LogP contribution in [0.1, 0.15) is 21.5 Å². The average molecular weight is 304 g/mol.